The van der Waals surface area contributed by atoms with Crippen LogP contribution in [0.1, 0.15) is 16.7 Å². The Hall–Kier alpha value is -2.60. The molecule has 0 aliphatic heterocycles. The van der Waals surface area contributed by atoms with Crippen molar-refractivity contribution in [1.29, 1.82) is 0 Å². The molecule has 3 aromatic carbocycles. The van der Waals surface area contributed by atoms with Crippen molar-refractivity contribution in [2.45, 2.75) is 4.75 Å². The average Bonchev–Trinajstić information content (AvgIpc) is 2.58. The summed E-state index contributed by atoms with van der Waals surface area (Å²) in [6.07, 6.45) is 0.978. The average molecular weight is 376 g/mol. The smallest absolute Gasteiger partial charge is 0.165 e. The van der Waals surface area contributed by atoms with E-state index in [4.69, 9.17) is 0 Å². The summed E-state index contributed by atoms with van der Waals surface area (Å²) >= 11 is 0. The van der Waals surface area contributed by atoms with Crippen molar-refractivity contribution in [3.63, 3.8) is 0 Å². The number of sulfone groups is 1. The highest BCUT2D eigenvalue weighted by Crippen LogP contribution is 2.44. The van der Waals surface area contributed by atoms with Gasteiger partial charge in [-0.15, -0.1) is 0 Å². The minimum atomic E-state index is -4.02. The zero-order valence-corrected chi connectivity index (χ0v) is 14.6. The fourth-order valence-corrected chi connectivity index (χ4v) is 4.93. The first-order chi connectivity index (χ1) is 12.3. The van der Waals surface area contributed by atoms with Crippen molar-refractivity contribution in [2.24, 2.45) is 0 Å². The van der Waals surface area contributed by atoms with Crippen molar-refractivity contribution in [3.8, 4) is 0 Å². The lowest BCUT2D eigenvalue weighted by atomic mass is 9.83. The first kappa shape index (κ1) is 18.2. The lowest BCUT2D eigenvalue weighted by molar-refractivity contribution is 0.546. The molecular weight excluding hydrogens is 361 g/mol. The van der Waals surface area contributed by atoms with Crippen LogP contribution >= 0.6 is 0 Å². The molecule has 1 atom stereocenters. The predicted molar refractivity (Wildman–Crippen MR) is 93.9 cm³/mol. The molecule has 134 valence electrons. The van der Waals surface area contributed by atoms with Crippen LogP contribution in [0.5, 0.6) is 0 Å². The van der Waals surface area contributed by atoms with Gasteiger partial charge in [0.15, 0.2) is 9.84 Å². The molecule has 0 spiro atoms. The molecule has 0 aliphatic rings. The molecule has 0 N–H and O–H groups in total. The van der Waals surface area contributed by atoms with Crippen LogP contribution in [0.25, 0.3) is 0 Å². The summed E-state index contributed by atoms with van der Waals surface area (Å²) in [4.78, 5) is 0. The van der Waals surface area contributed by atoms with Crippen LogP contribution < -0.4 is 0 Å². The fraction of sp³-hybridized carbons (Fsp3) is 0.100. The third-order valence-electron chi connectivity index (χ3n) is 4.30. The van der Waals surface area contributed by atoms with Crippen LogP contribution in [0.4, 0.5) is 13.2 Å². The zero-order chi connectivity index (χ0) is 18.9. The minimum Gasteiger partial charge on any atom is -0.227 e. The summed E-state index contributed by atoms with van der Waals surface area (Å²) in [5.74, 6) is -2.37. The van der Waals surface area contributed by atoms with Gasteiger partial charge in [-0.3, -0.25) is 0 Å². The van der Waals surface area contributed by atoms with E-state index in [1.54, 1.807) is 30.3 Å². The Kier molecular flexibility index (Phi) is 4.63. The SMILES string of the molecule is CS(=O)(=O)C(c1ccccc1)(c1ccc(F)cc1)c1ccc(F)cc1F. The highest BCUT2D eigenvalue weighted by Gasteiger charge is 2.47. The molecule has 0 radical (unpaired) electrons. The third kappa shape index (κ3) is 2.90. The second kappa shape index (κ2) is 6.61. The van der Waals surface area contributed by atoms with E-state index < -0.39 is 32.0 Å². The summed E-state index contributed by atoms with van der Waals surface area (Å²) in [7, 11) is -4.02. The third-order valence-corrected chi connectivity index (χ3v) is 6.10. The normalized spacial score (nSPS) is 14.0. The van der Waals surface area contributed by atoms with Gasteiger partial charge in [0.25, 0.3) is 0 Å². The van der Waals surface area contributed by atoms with E-state index in [0.717, 1.165) is 30.5 Å². The molecule has 0 bridgehead atoms. The van der Waals surface area contributed by atoms with E-state index in [0.29, 0.717) is 6.07 Å². The molecular formula is C20H15F3O2S. The summed E-state index contributed by atoms with van der Waals surface area (Å²) in [5.41, 5.74) is 0.219. The largest absolute Gasteiger partial charge is 0.227 e. The van der Waals surface area contributed by atoms with Gasteiger partial charge in [-0.05, 0) is 29.3 Å². The van der Waals surface area contributed by atoms with Crippen molar-refractivity contribution >= 4 is 9.84 Å². The van der Waals surface area contributed by atoms with Gasteiger partial charge < -0.3 is 0 Å². The molecule has 2 nitrogen and oxygen atoms in total. The monoisotopic (exact) mass is 376 g/mol. The Morgan fingerprint density at radius 1 is 0.731 bits per heavy atom. The van der Waals surface area contributed by atoms with E-state index in [1.165, 1.54) is 12.1 Å². The van der Waals surface area contributed by atoms with Crippen LogP contribution in [-0.4, -0.2) is 14.7 Å². The Morgan fingerprint density at radius 2 is 1.27 bits per heavy atom. The predicted octanol–water partition coefficient (Wildman–Crippen LogP) is 4.44. The number of benzene rings is 3. The van der Waals surface area contributed by atoms with E-state index >= 15 is 0 Å². The van der Waals surface area contributed by atoms with Crippen LogP contribution in [0.3, 0.4) is 0 Å². The van der Waals surface area contributed by atoms with Gasteiger partial charge in [0, 0.05) is 17.9 Å². The summed E-state index contributed by atoms with van der Waals surface area (Å²) < 4.78 is 65.7. The van der Waals surface area contributed by atoms with Gasteiger partial charge in [-0.25, -0.2) is 21.6 Å². The molecule has 3 rings (SSSR count). The van der Waals surface area contributed by atoms with Crippen LogP contribution in [0, 0.1) is 17.5 Å². The maximum atomic E-state index is 14.7. The van der Waals surface area contributed by atoms with Crippen LogP contribution in [-0.2, 0) is 14.6 Å². The van der Waals surface area contributed by atoms with E-state index in [-0.39, 0.29) is 16.7 Å². The van der Waals surface area contributed by atoms with E-state index in [9.17, 15) is 21.6 Å². The van der Waals surface area contributed by atoms with Gasteiger partial charge in [-0.2, -0.15) is 0 Å². The van der Waals surface area contributed by atoms with Crippen LogP contribution in [0.15, 0.2) is 72.8 Å². The molecule has 1 unspecified atom stereocenters. The maximum Gasteiger partial charge on any atom is 0.165 e. The Labute approximate surface area is 149 Å². The zero-order valence-electron chi connectivity index (χ0n) is 13.8. The first-order valence-corrected chi connectivity index (χ1v) is 9.62. The van der Waals surface area contributed by atoms with Gasteiger partial charge >= 0.3 is 0 Å². The molecule has 0 fully saturated rings. The lowest BCUT2D eigenvalue weighted by Crippen LogP contribution is -2.38. The van der Waals surface area contributed by atoms with Crippen molar-refractivity contribution in [3.05, 3.63) is 107 Å². The number of rotatable bonds is 4. The number of halogens is 3. The molecule has 0 aliphatic carbocycles. The number of hydrogen-bond donors (Lipinski definition) is 0. The van der Waals surface area contributed by atoms with Crippen molar-refractivity contribution in [1.82, 2.24) is 0 Å². The Morgan fingerprint density at radius 3 is 1.81 bits per heavy atom. The van der Waals surface area contributed by atoms with Crippen LogP contribution in [0.2, 0.25) is 0 Å². The molecule has 0 amide bonds. The highest BCUT2D eigenvalue weighted by atomic mass is 32.2. The molecule has 6 heteroatoms. The van der Waals surface area contributed by atoms with Gasteiger partial charge in [0.2, 0.25) is 0 Å². The van der Waals surface area contributed by atoms with Gasteiger partial charge in [0.1, 0.15) is 22.2 Å². The van der Waals surface area contributed by atoms with Gasteiger partial charge in [0.05, 0.1) is 0 Å². The molecule has 0 saturated carbocycles. The molecule has 3 aromatic rings. The quantitative estimate of drug-likeness (QED) is 0.631. The Bertz CT molecular complexity index is 1030. The van der Waals surface area contributed by atoms with E-state index in [2.05, 4.69) is 0 Å². The topological polar surface area (TPSA) is 34.1 Å². The molecule has 0 heterocycles. The van der Waals surface area contributed by atoms with Gasteiger partial charge in [-0.1, -0.05) is 48.5 Å². The Balaban J connectivity index is 2.50. The molecule has 0 aromatic heterocycles. The summed E-state index contributed by atoms with van der Waals surface area (Å²) in [6, 6.07) is 15.6. The summed E-state index contributed by atoms with van der Waals surface area (Å²) in [6.45, 7) is 0. The second-order valence-electron chi connectivity index (χ2n) is 5.95. The summed E-state index contributed by atoms with van der Waals surface area (Å²) in [5, 5.41) is 0. The lowest BCUT2D eigenvalue weighted by Gasteiger charge is -2.34. The fourth-order valence-electron chi connectivity index (χ4n) is 3.24. The second-order valence-corrected chi connectivity index (χ2v) is 8.11. The standard InChI is InChI=1S/C20H15F3O2S/c1-26(24,25)20(14-5-3-2-4-6-14,15-7-9-16(21)10-8-15)18-12-11-17(22)13-19(18)23/h2-13H,1H3. The minimum absolute atomic E-state index is 0.165. The number of hydrogen-bond acceptors (Lipinski definition) is 2. The maximum absolute atomic E-state index is 14.7. The molecule has 26 heavy (non-hydrogen) atoms. The van der Waals surface area contributed by atoms with E-state index in [1.807, 2.05) is 0 Å². The van der Waals surface area contributed by atoms with Crippen molar-refractivity contribution < 1.29 is 21.6 Å². The van der Waals surface area contributed by atoms with Crippen molar-refractivity contribution in [2.75, 3.05) is 6.26 Å². The molecule has 0 saturated heterocycles. The first-order valence-electron chi connectivity index (χ1n) is 7.73. The highest BCUT2D eigenvalue weighted by molar-refractivity contribution is 7.92.